The van der Waals surface area contributed by atoms with Crippen LogP contribution in [0.3, 0.4) is 0 Å². The minimum absolute atomic E-state index is 0. The zero-order valence-electron chi connectivity index (χ0n) is 6.32. The molecule has 0 atom stereocenters. The van der Waals surface area contributed by atoms with Gasteiger partial charge in [-0.15, -0.1) is 0 Å². The molecule has 0 saturated carbocycles. The van der Waals surface area contributed by atoms with Crippen molar-refractivity contribution in [1.29, 1.82) is 0 Å². The molecule has 1 rings (SSSR count). The van der Waals surface area contributed by atoms with E-state index >= 15 is 0 Å². The SMILES string of the molecule is C=[C-]c1ccc(O)cc1O.[W].[Y]. The summed E-state index contributed by atoms with van der Waals surface area (Å²) in [7, 11) is 0. The van der Waals surface area contributed by atoms with E-state index in [4.69, 9.17) is 10.2 Å². The van der Waals surface area contributed by atoms with Crippen LogP contribution in [0.25, 0.3) is 0 Å². The minimum atomic E-state index is -0.00463. The molecule has 1 radical (unpaired) electrons. The van der Waals surface area contributed by atoms with Crippen molar-refractivity contribution in [2.24, 2.45) is 0 Å². The van der Waals surface area contributed by atoms with E-state index in [0.717, 1.165) is 0 Å². The van der Waals surface area contributed by atoms with Crippen molar-refractivity contribution in [3.63, 3.8) is 0 Å². The number of phenols is 2. The molecular formula is C8H7O2WY-. The van der Waals surface area contributed by atoms with Gasteiger partial charge < -0.3 is 10.2 Å². The van der Waals surface area contributed by atoms with Gasteiger partial charge in [-0.25, -0.2) is 0 Å². The molecule has 12 heavy (non-hydrogen) atoms. The van der Waals surface area contributed by atoms with E-state index in [2.05, 4.69) is 12.7 Å². The van der Waals surface area contributed by atoms with Gasteiger partial charge in [-0.1, -0.05) is 6.07 Å². The summed E-state index contributed by atoms with van der Waals surface area (Å²) < 4.78 is 0. The fourth-order valence-electron chi connectivity index (χ4n) is 0.670. The molecule has 0 fully saturated rings. The third-order valence-corrected chi connectivity index (χ3v) is 1.17. The summed E-state index contributed by atoms with van der Waals surface area (Å²) in [5, 5.41) is 17.9. The van der Waals surface area contributed by atoms with Gasteiger partial charge in [0, 0.05) is 59.5 Å². The van der Waals surface area contributed by atoms with E-state index in [1.807, 2.05) is 0 Å². The zero-order valence-corrected chi connectivity index (χ0v) is 12.1. The predicted octanol–water partition coefficient (Wildman–Crippen LogP) is 1.43. The zero-order chi connectivity index (χ0) is 7.56. The van der Waals surface area contributed by atoms with Crippen LogP contribution in [-0.2, 0) is 53.8 Å². The van der Waals surface area contributed by atoms with Crippen molar-refractivity contribution in [2.45, 2.75) is 0 Å². The summed E-state index contributed by atoms with van der Waals surface area (Å²) in [6, 6.07) is 4.25. The van der Waals surface area contributed by atoms with Crippen LogP contribution >= 0.6 is 0 Å². The summed E-state index contributed by atoms with van der Waals surface area (Å²) in [4.78, 5) is 0. The average Bonchev–Trinajstić information content (AvgIpc) is 1.88. The monoisotopic (exact) mass is 408 g/mol. The quantitative estimate of drug-likeness (QED) is 0.691. The fraction of sp³-hybridized carbons (Fsp3) is 0. The molecule has 0 unspecified atom stereocenters. The van der Waals surface area contributed by atoms with E-state index in [1.165, 1.54) is 18.2 Å². The maximum absolute atomic E-state index is 9.03. The van der Waals surface area contributed by atoms with Crippen molar-refractivity contribution in [1.82, 2.24) is 0 Å². The molecule has 0 amide bonds. The Kier molecular flexibility index (Phi) is 8.45. The molecule has 0 saturated heterocycles. The van der Waals surface area contributed by atoms with Gasteiger partial charge in [0.1, 0.15) is 0 Å². The first-order valence-corrected chi connectivity index (χ1v) is 2.79. The standard InChI is InChI=1S/C8H7O2.W.Y/c1-2-6-3-4-7(9)5-8(6)10;;/h3-5,9-10H,1H2;;/q-1;;. The molecule has 0 aliphatic carbocycles. The van der Waals surface area contributed by atoms with Crippen molar-refractivity contribution in [2.75, 3.05) is 0 Å². The average molecular weight is 408 g/mol. The van der Waals surface area contributed by atoms with Crippen LogP contribution in [0.4, 0.5) is 0 Å². The molecular weight excluding hydrogens is 401 g/mol. The van der Waals surface area contributed by atoms with Crippen LogP contribution in [-0.4, -0.2) is 10.2 Å². The second-order valence-electron chi connectivity index (χ2n) is 1.88. The summed E-state index contributed by atoms with van der Waals surface area (Å²) >= 11 is 0. The smallest absolute Gasteiger partial charge is 0.0945 e. The Bertz CT molecular complexity index is 263. The number of aromatic hydroxyl groups is 2. The fourth-order valence-corrected chi connectivity index (χ4v) is 0.670. The summed E-state index contributed by atoms with van der Waals surface area (Å²) in [5.41, 5.74) is 0.498. The molecule has 4 heteroatoms. The van der Waals surface area contributed by atoms with Crippen molar-refractivity contribution in [3.8, 4) is 11.5 Å². The summed E-state index contributed by atoms with van der Waals surface area (Å²) in [6.45, 7) is 3.35. The number of hydrogen-bond acceptors (Lipinski definition) is 2. The van der Waals surface area contributed by atoms with Crippen LogP contribution in [0.5, 0.6) is 11.5 Å². The van der Waals surface area contributed by atoms with Gasteiger partial charge in [-0.3, -0.25) is 0 Å². The second-order valence-corrected chi connectivity index (χ2v) is 1.88. The summed E-state index contributed by atoms with van der Waals surface area (Å²) in [5.74, 6) is 0.0338. The van der Waals surface area contributed by atoms with Crippen LogP contribution in [0.1, 0.15) is 5.56 Å². The molecule has 0 aliphatic heterocycles. The number of hydrogen-bond donors (Lipinski definition) is 2. The maximum Gasteiger partial charge on any atom is 0.0945 e. The van der Waals surface area contributed by atoms with Gasteiger partial charge in [0.15, 0.2) is 0 Å². The Morgan fingerprint density at radius 1 is 1.25 bits per heavy atom. The molecule has 1 aromatic rings. The van der Waals surface area contributed by atoms with E-state index in [1.54, 1.807) is 0 Å². The maximum atomic E-state index is 9.03. The van der Waals surface area contributed by atoms with E-state index in [-0.39, 0.29) is 65.3 Å². The van der Waals surface area contributed by atoms with Gasteiger partial charge in [-0.05, 0) is 6.07 Å². The first-order chi connectivity index (χ1) is 4.74. The molecule has 2 N–H and O–H groups in total. The Morgan fingerprint density at radius 3 is 2.25 bits per heavy atom. The normalized spacial score (nSPS) is 7.67. The molecule has 2 nitrogen and oxygen atoms in total. The molecule has 0 bridgehead atoms. The van der Waals surface area contributed by atoms with Gasteiger partial charge in [0.05, 0.1) is 5.75 Å². The predicted molar refractivity (Wildman–Crippen MR) is 37.7 cm³/mol. The van der Waals surface area contributed by atoms with Crippen molar-refractivity contribution in [3.05, 3.63) is 36.4 Å². The third kappa shape index (κ3) is 3.84. The molecule has 1 aromatic carbocycles. The van der Waals surface area contributed by atoms with Crippen molar-refractivity contribution < 1.29 is 64.0 Å². The van der Waals surface area contributed by atoms with Crippen LogP contribution in [0, 0.1) is 6.08 Å². The Labute approximate surface area is 111 Å². The molecule has 61 valence electrons. The number of benzene rings is 1. The third-order valence-electron chi connectivity index (χ3n) is 1.17. The van der Waals surface area contributed by atoms with Gasteiger partial charge in [0.25, 0.3) is 0 Å². The van der Waals surface area contributed by atoms with Gasteiger partial charge >= 0.3 is 0 Å². The van der Waals surface area contributed by atoms with Gasteiger partial charge in [-0.2, -0.15) is 24.3 Å². The van der Waals surface area contributed by atoms with E-state index < -0.39 is 0 Å². The van der Waals surface area contributed by atoms with E-state index in [9.17, 15) is 0 Å². The van der Waals surface area contributed by atoms with Crippen LogP contribution in [0.15, 0.2) is 24.8 Å². The molecule has 0 spiro atoms. The minimum Gasteiger partial charge on any atom is -0.565 e. The van der Waals surface area contributed by atoms with E-state index in [0.29, 0.717) is 5.56 Å². The first-order valence-electron chi connectivity index (χ1n) is 2.79. The Hall–Kier alpha value is 0.352. The Morgan fingerprint density at radius 2 is 1.83 bits per heavy atom. The van der Waals surface area contributed by atoms with Gasteiger partial charge in [0.2, 0.25) is 0 Å². The number of rotatable bonds is 1. The molecule has 0 aliphatic rings. The molecule has 0 aromatic heterocycles. The topological polar surface area (TPSA) is 40.5 Å². The molecule has 0 heterocycles. The Balaban J connectivity index is 0. The second kappa shape index (κ2) is 6.82. The largest absolute Gasteiger partial charge is 0.565 e. The van der Waals surface area contributed by atoms with Crippen molar-refractivity contribution >= 4 is 0 Å². The van der Waals surface area contributed by atoms with Crippen LogP contribution in [0.2, 0.25) is 0 Å². The number of phenolic OH excluding ortho intramolecular Hbond substituents is 2. The summed E-state index contributed by atoms with van der Waals surface area (Å²) in [6.07, 6.45) is 2.51. The van der Waals surface area contributed by atoms with Crippen LogP contribution < -0.4 is 0 Å². The first kappa shape index (κ1) is 14.9.